The average molecular weight is 471 g/mol. The molecule has 8 heteroatoms. The summed E-state index contributed by atoms with van der Waals surface area (Å²) >= 11 is 1.66. The van der Waals surface area contributed by atoms with Crippen molar-refractivity contribution in [2.75, 3.05) is 17.6 Å². The zero-order chi connectivity index (χ0) is 23.1. The second-order valence-electron chi connectivity index (χ2n) is 7.30. The quantitative estimate of drug-likeness (QED) is 0.440. The van der Waals surface area contributed by atoms with Crippen LogP contribution in [0.25, 0.3) is 0 Å². The second-order valence-corrected chi connectivity index (χ2v) is 9.86. The maximum atomic E-state index is 12.6. The number of amides is 1. The van der Waals surface area contributed by atoms with Gasteiger partial charge in [-0.25, -0.2) is 8.42 Å². The van der Waals surface area contributed by atoms with Gasteiger partial charge >= 0.3 is 0 Å². The molecule has 168 valence electrons. The lowest BCUT2D eigenvalue weighted by Crippen LogP contribution is -2.31. The SMILES string of the molecule is CSc1ccc([C@@H](C)NC(=O)COc2ccc(S(=O)(=O)Nc3cccc(C)c3)cc2)cc1. The summed E-state index contributed by atoms with van der Waals surface area (Å²) in [5.41, 5.74) is 2.46. The molecule has 0 heterocycles. The predicted molar refractivity (Wildman–Crippen MR) is 129 cm³/mol. The fraction of sp³-hybridized carbons (Fsp3) is 0.208. The Hall–Kier alpha value is -2.97. The molecule has 0 aliphatic carbocycles. The van der Waals surface area contributed by atoms with Gasteiger partial charge in [-0.15, -0.1) is 11.8 Å². The number of anilines is 1. The summed E-state index contributed by atoms with van der Waals surface area (Å²) in [4.78, 5) is 13.5. The van der Waals surface area contributed by atoms with Crippen LogP contribution < -0.4 is 14.8 Å². The number of carbonyl (C=O) groups excluding carboxylic acids is 1. The topological polar surface area (TPSA) is 84.5 Å². The smallest absolute Gasteiger partial charge is 0.261 e. The van der Waals surface area contributed by atoms with Crippen LogP contribution in [0.2, 0.25) is 0 Å². The number of benzene rings is 3. The van der Waals surface area contributed by atoms with Crippen LogP contribution in [0, 0.1) is 6.92 Å². The largest absolute Gasteiger partial charge is 0.484 e. The highest BCUT2D eigenvalue weighted by Crippen LogP contribution is 2.21. The number of hydrogen-bond acceptors (Lipinski definition) is 5. The van der Waals surface area contributed by atoms with Gasteiger partial charge in [0.05, 0.1) is 10.9 Å². The van der Waals surface area contributed by atoms with Crippen LogP contribution in [0.15, 0.2) is 82.6 Å². The molecule has 6 nitrogen and oxygen atoms in total. The molecule has 1 atom stereocenters. The molecule has 0 radical (unpaired) electrons. The molecular formula is C24H26N2O4S2. The Kier molecular flexibility index (Phi) is 7.82. The normalized spacial score (nSPS) is 12.1. The monoisotopic (exact) mass is 470 g/mol. The van der Waals surface area contributed by atoms with Crippen LogP contribution in [-0.4, -0.2) is 27.2 Å². The minimum absolute atomic E-state index is 0.109. The van der Waals surface area contributed by atoms with Crippen molar-refractivity contribution >= 4 is 33.4 Å². The molecule has 2 N–H and O–H groups in total. The molecule has 32 heavy (non-hydrogen) atoms. The number of rotatable bonds is 9. The molecule has 0 saturated carbocycles. The Bertz CT molecular complexity index is 1160. The molecule has 0 unspecified atom stereocenters. The van der Waals surface area contributed by atoms with Gasteiger partial charge in [0.15, 0.2) is 6.61 Å². The number of aryl methyl sites for hydroxylation is 1. The molecule has 0 spiro atoms. The first-order valence-electron chi connectivity index (χ1n) is 10.0. The summed E-state index contributed by atoms with van der Waals surface area (Å²) in [6.45, 7) is 3.63. The van der Waals surface area contributed by atoms with Gasteiger partial charge in [0, 0.05) is 10.6 Å². The predicted octanol–water partition coefficient (Wildman–Crippen LogP) is 4.77. The number of carbonyl (C=O) groups is 1. The van der Waals surface area contributed by atoms with Gasteiger partial charge in [-0.05, 0) is 79.8 Å². The van der Waals surface area contributed by atoms with E-state index in [0.717, 1.165) is 16.0 Å². The van der Waals surface area contributed by atoms with Gasteiger partial charge in [0.25, 0.3) is 15.9 Å². The first-order valence-corrected chi connectivity index (χ1v) is 12.7. The summed E-state index contributed by atoms with van der Waals surface area (Å²) < 4.78 is 33.2. The number of thioether (sulfide) groups is 1. The van der Waals surface area contributed by atoms with E-state index in [-0.39, 0.29) is 23.5 Å². The Morgan fingerprint density at radius 3 is 2.34 bits per heavy atom. The highest BCUT2D eigenvalue weighted by Gasteiger charge is 2.15. The summed E-state index contributed by atoms with van der Waals surface area (Å²) in [5, 5.41) is 2.89. The highest BCUT2D eigenvalue weighted by atomic mass is 32.2. The Morgan fingerprint density at radius 2 is 1.72 bits per heavy atom. The molecule has 0 saturated heterocycles. The maximum Gasteiger partial charge on any atom is 0.261 e. The lowest BCUT2D eigenvalue weighted by Gasteiger charge is -2.15. The Labute approximate surface area is 193 Å². The van der Waals surface area contributed by atoms with Crippen LogP contribution in [0.5, 0.6) is 5.75 Å². The fourth-order valence-corrected chi connectivity index (χ4v) is 4.50. The van der Waals surface area contributed by atoms with Crippen LogP contribution in [0.4, 0.5) is 5.69 Å². The van der Waals surface area contributed by atoms with Crippen LogP contribution in [-0.2, 0) is 14.8 Å². The molecule has 0 aromatic heterocycles. The van der Waals surface area contributed by atoms with Gasteiger partial charge in [-0.1, -0.05) is 24.3 Å². The fourth-order valence-electron chi connectivity index (χ4n) is 3.05. The summed E-state index contributed by atoms with van der Waals surface area (Å²) in [6.07, 6.45) is 2.01. The maximum absolute atomic E-state index is 12.6. The van der Waals surface area contributed by atoms with Crippen molar-refractivity contribution in [3.8, 4) is 5.75 Å². The molecule has 0 aliphatic heterocycles. The number of sulfonamides is 1. The van der Waals surface area contributed by atoms with E-state index >= 15 is 0 Å². The van der Waals surface area contributed by atoms with Crippen molar-refractivity contribution in [2.45, 2.75) is 29.7 Å². The van der Waals surface area contributed by atoms with Gasteiger partial charge in [0.2, 0.25) is 0 Å². The van der Waals surface area contributed by atoms with E-state index in [1.807, 2.05) is 50.4 Å². The zero-order valence-electron chi connectivity index (χ0n) is 18.2. The Morgan fingerprint density at radius 1 is 1.03 bits per heavy atom. The van der Waals surface area contributed by atoms with E-state index in [9.17, 15) is 13.2 Å². The van der Waals surface area contributed by atoms with E-state index in [4.69, 9.17) is 4.74 Å². The van der Waals surface area contributed by atoms with E-state index in [0.29, 0.717) is 11.4 Å². The molecule has 0 aliphatic rings. The summed E-state index contributed by atoms with van der Waals surface area (Å²) in [5.74, 6) is 0.149. The lowest BCUT2D eigenvalue weighted by molar-refractivity contribution is -0.123. The van der Waals surface area contributed by atoms with Gasteiger partial charge in [0.1, 0.15) is 5.75 Å². The van der Waals surface area contributed by atoms with Crippen LogP contribution >= 0.6 is 11.8 Å². The molecular weight excluding hydrogens is 444 g/mol. The first kappa shape index (κ1) is 23.7. The van der Waals surface area contributed by atoms with E-state index in [1.54, 1.807) is 30.0 Å². The lowest BCUT2D eigenvalue weighted by atomic mass is 10.1. The minimum atomic E-state index is -3.72. The molecule has 3 aromatic rings. The third-order valence-electron chi connectivity index (χ3n) is 4.77. The average Bonchev–Trinajstić information content (AvgIpc) is 2.77. The molecule has 0 fully saturated rings. The van der Waals surface area contributed by atoms with Gasteiger partial charge < -0.3 is 10.1 Å². The third kappa shape index (κ3) is 6.51. The zero-order valence-corrected chi connectivity index (χ0v) is 19.8. The first-order chi connectivity index (χ1) is 15.3. The van der Waals surface area contributed by atoms with Gasteiger partial charge in [-0.3, -0.25) is 9.52 Å². The van der Waals surface area contributed by atoms with Gasteiger partial charge in [-0.2, -0.15) is 0 Å². The van der Waals surface area contributed by atoms with E-state index < -0.39 is 10.0 Å². The van der Waals surface area contributed by atoms with Crippen LogP contribution in [0.3, 0.4) is 0 Å². The number of ether oxygens (including phenoxy) is 1. The van der Waals surface area contributed by atoms with Crippen molar-refractivity contribution < 1.29 is 17.9 Å². The van der Waals surface area contributed by atoms with Crippen molar-refractivity contribution in [3.05, 3.63) is 83.9 Å². The van der Waals surface area contributed by atoms with E-state index in [1.165, 1.54) is 24.3 Å². The number of hydrogen-bond donors (Lipinski definition) is 2. The van der Waals surface area contributed by atoms with Crippen molar-refractivity contribution in [3.63, 3.8) is 0 Å². The van der Waals surface area contributed by atoms with Crippen molar-refractivity contribution in [1.29, 1.82) is 0 Å². The van der Waals surface area contributed by atoms with Crippen LogP contribution in [0.1, 0.15) is 24.1 Å². The Balaban J connectivity index is 1.54. The van der Waals surface area contributed by atoms with Crippen molar-refractivity contribution in [1.82, 2.24) is 5.32 Å². The highest BCUT2D eigenvalue weighted by molar-refractivity contribution is 7.98. The third-order valence-corrected chi connectivity index (χ3v) is 6.91. The molecule has 1 amide bonds. The molecule has 3 rings (SSSR count). The summed E-state index contributed by atoms with van der Waals surface area (Å²) in [6, 6.07) is 20.9. The summed E-state index contributed by atoms with van der Waals surface area (Å²) in [7, 11) is -3.72. The molecule has 3 aromatic carbocycles. The standard InChI is InChI=1S/C24H26N2O4S2/c1-17-5-4-6-20(15-17)26-32(28,29)23-13-9-21(10-14-23)30-16-24(27)25-18(2)19-7-11-22(31-3)12-8-19/h4-15,18,26H,16H2,1-3H3,(H,25,27)/t18-/m1/s1. The van der Waals surface area contributed by atoms with Crippen molar-refractivity contribution in [2.24, 2.45) is 0 Å². The van der Waals surface area contributed by atoms with E-state index in [2.05, 4.69) is 10.0 Å². The minimum Gasteiger partial charge on any atom is -0.484 e. The second kappa shape index (κ2) is 10.6. The molecule has 0 bridgehead atoms. The number of nitrogens with one attached hydrogen (secondary N) is 2.